The first-order chi connectivity index (χ1) is 38.5. The number of rotatable bonds is 66. The van der Waals surface area contributed by atoms with Crippen molar-refractivity contribution in [3.05, 3.63) is 24.3 Å². The van der Waals surface area contributed by atoms with Gasteiger partial charge in [0.1, 0.15) is 13.2 Å². The van der Waals surface area contributed by atoms with Crippen molar-refractivity contribution in [3.8, 4) is 0 Å². The van der Waals surface area contributed by atoms with Crippen LogP contribution in [0.4, 0.5) is 0 Å². The molecule has 0 aliphatic heterocycles. The molecule has 0 amide bonds. The van der Waals surface area contributed by atoms with Crippen molar-refractivity contribution in [2.45, 2.75) is 406 Å². The molecule has 0 heterocycles. The van der Waals surface area contributed by atoms with Gasteiger partial charge in [0.25, 0.3) is 0 Å². The van der Waals surface area contributed by atoms with Gasteiger partial charge in [0.15, 0.2) is 6.10 Å². The average Bonchev–Trinajstić information content (AvgIpc) is 3.44. The molecule has 0 aliphatic rings. The van der Waals surface area contributed by atoms with Gasteiger partial charge in [-0.2, -0.15) is 0 Å². The summed E-state index contributed by atoms with van der Waals surface area (Å²) in [6.45, 7) is 6.66. The number of hydrogen-bond acceptors (Lipinski definition) is 6. The van der Waals surface area contributed by atoms with Gasteiger partial charge in [0.05, 0.1) is 0 Å². The summed E-state index contributed by atoms with van der Waals surface area (Å²) < 4.78 is 16.9. The predicted octanol–water partition coefficient (Wildman–Crippen LogP) is 24.2. The van der Waals surface area contributed by atoms with Gasteiger partial charge in [0, 0.05) is 19.3 Å². The number of unbranched alkanes of at least 4 members (excludes halogenated alkanes) is 51. The van der Waals surface area contributed by atoms with Crippen molar-refractivity contribution in [1.29, 1.82) is 0 Å². The maximum Gasteiger partial charge on any atom is 0.306 e. The lowest BCUT2D eigenvalue weighted by atomic mass is 10.0. The first-order valence-electron chi connectivity index (χ1n) is 35.3. The second-order valence-corrected chi connectivity index (χ2v) is 24.2. The Morgan fingerprint density at radius 1 is 0.256 bits per heavy atom. The second-order valence-electron chi connectivity index (χ2n) is 24.2. The van der Waals surface area contributed by atoms with E-state index in [-0.39, 0.29) is 31.1 Å². The zero-order valence-electron chi connectivity index (χ0n) is 53.0. The van der Waals surface area contributed by atoms with E-state index in [0.717, 1.165) is 64.2 Å². The molecule has 0 fully saturated rings. The summed E-state index contributed by atoms with van der Waals surface area (Å²) >= 11 is 0. The Bertz CT molecular complexity index is 1260. The van der Waals surface area contributed by atoms with Crippen LogP contribution in [0.3, 0.4) is 0 Å². The fourth-order valence-corrected chi connectivity index (χ4v) is 10.9. The Morgan fingerprint density at radius 2 is 0.462 bits per heavy atom. The van der Waals surface area contributed by atoms with E-state index in [1.54, 1.807) is 0 Å². The van der Waals surface area contributed by atoms with Gasteiger partial charge in [0.2, 0.25) is 0 Å². The molecule has 0 bridgehead atoms. The largest absolute Gasteiger partial charge is 0.462 e. The molecule has 0 saturated carbocycles. The van der Waals surface area contributed by atoms with Crippen LogP contribution in [0.25, 0.3) is 0 Å². The van der Waals surface area contributed by atoms with Crippen LogP contribution in [0.15, 0.2) is 24.3 Å². The van der Waals surface area contributed by atoms with Crippen LogP contribution in [-0.2, 0) is 28.6 Å². The molecule has 0 rings (SSSR count). The van der Waals surface area contributed by atoms with E-state index in [9.17, 15) is 14.4 Å². The molecule has 0 aromatic carbocycles. The highest BCUT2D eigenvalue weighted by Crippen LogP contribution is 2.19. The number of carbonyl (C=O) groups is 3. The van der Waals surface area contributed by atoms with Crippen molar-refractivity contribution >= 4 is 17.9 Å². The molecule has 0 aromatic heterocycles. The Morgan fingerprint density at radius 3 is 0.705 bits per heavy atom. The molecule has 0 radical (unpaired) electrons. The summed E-state index contributed by atoms with van der Waals surface area (Å²) in [6, 6.07) is 0. The maximum atomic E-state index is 12.9. The SMILES string of the molecule is CCCCCCC/C=C\C/C=C\CCCCCCCCCCCCCC(=O)OC(COC(=O)CCCCCCCCC)COC(=O)CCCCCCCCCCCCCCCCCCCCCCCCCCCCCCCC. The van der Waals surface area contributed by atoms with Crippen LogP contribution in [0, 0.1) is 0 Å². The molecular weight excluding hydrogens is 961 g/mol. The van der Waals surface area contributed by atoms with E-state index in [0.29, 0.717) is 19.3 Å². The topological polar surface area (TPSA) is 78.9 Å². The Labute approximate surface area is 487 Å². The van der Waals surface area contributed by atoms with Crippen LogP contribution in [0.2, 0.25) is 0 Å². The van der Waals surface area contributed by atoms with Crippen molar-refractivity contribution in [2.24, 2.45) is 0 Å². The molecule has 460 valence electrons. The molecule has 0 aliphatic carbocycles. The number of allylic oxidation sites excluding steroid dienone is 4. The summed E-state index contributed by atoms with van der Waals surface area (Å²) in [4.78, 5) is 38.2. The van der Waals surface area contributed by atoms with Gasteiger partial charge >= 0.3 is 17.9 Å². The zero-order chi connectivity index (χ0) is 56.4. The maximum absolute atomic E-state index is 12.9. The average molecular weight is 1100 g/mol. The monoisotopic (exact) mass is 1100 g/mol. The highest BCUT2D eigenvalue weighted by Gasteiger charge is 2.19. The summed E-state index contributed by atoms with van der Waals surface area (Å²) in [6.07, 6.45) is 82.5. The van der Waals surface area contributed by atoms with E-state index >= 15 is 0 Å². The Hall–Kier alpha value is -2.11. The fourth-order valence-electron chi connectivity index (χ4n) is 10.9. The van der Waals surface area contributed by atoms with Gasteiger partial charge < -0.3 is 14.2 Å². The highest BCUT2D eigenvalue weighted by atomic mass is 16.6. The molecule has 0 saturated heterocycles. The molecule has 1 unspecified atom stereocenters. The minimum atomic E-state index is -0.767. The summed E-state index contributed by atoms with van der Waals surface area (Å²) in [5, 5.41) is 0. The standard InChI is InChI=1S/C72H136O6/c1-4-7-10-13-16-18-20-22-24-26-28-30-32-33-34-35-36-37-38-40-41-43-45-47-49-51-53-56-59-62-65-71(74)77-68-69(67-76-70(73)64-61-58-55-15-12-9-6-3)78-72(75)66-63-60-57-54-52-50-48-46-44-42-39-31-29-27-25-23-21-19-17-14-11-8-5-2/h21,23,27,29,69H,4-20,22,24-26,28,30-68H2,1-3H3/b23-21-,29-27-. The van der Waals surface area contributed by atoms with Gasteiger partial charge in [-0.05, 0) is 51.4 Å². The molecule has 0 N–H and O–H groups in total. The first-order valence-corrected chi connectivity index (χ1v) is 35.3. The lowest BCUT2D eigenvalue weighted by Gasteiger charge is -2.18. The quantitative estimate of drug-likeness (QED) is 0.0261. The summed E-state index contributed by atoms with van der Waals surface area (Å²) in [5.41, 5.74) is 0. The second kappa shape index (κ2) is 67.4. The smallest absolute Gasteiger partial charge is 0.306 e. The molecule has 6 heteroatoms. The number of carbonyl (C=O) groups excluding carboxylic acids is 3. The van der Waals surface area contributed by atoms with E-state index in [1.807, 2.05) is 0 Å². The van der Waals surface area contributed by atoms with Crippen LogP contribution >= 0.6 is 0 Å². The third-order valence-corrected chi connectivity index (χ3v) is 16.2. The van der Waals surface area contributed by atoms with Crippen molar-refractivity contribution in [1.82, 2.24) is 0 Å². The normalized spacial score (nSPS) is 12.1. The summed E-state index contributed by atoms with van der Waals surface area (Å²) in [5.74, 6) is -0.848. The van der Waals surface area contributed by atoms with Crippen molar-refractivity contribution in [3.63, 3.8) is 0 Å². The van der Waals surface area contributed by atoms with Crippen molar-refractivity contribution < 1.29 is 28.6 Å². The Kier molecular flexibility index (Phi) is 65.6. The van der Waals surface area contributed by atoms with E-state index in [1.165, 1.54) is 295 Å². The van der Waals surface area contributed by atoms with E-state index < -0.39 is 6.10 Å². The fraction of sp³-hybridized carbons (Fsp3) is 0.903. The zero-order valence-corrected chi connectivity index (χ0v) is 53.0. The Balaban J connectivity index is 4.00. The van der Waals surface area contributed by atoms with Crippen molar-refractivity contribution in [2.75, 3.05) is 13.2 Å². The molecular formula is C72H136O6. The molecule has 1 atom stereocenters. The van der Waals surface area contributed by atoms with E-state index in [2.05, 4.69) is 45.1 Å². The van der Waals surface area contributed by atoms with Gasteiger partial charge in [-0.3, -0.25) is 14.4 Å². The third kappa shape index (κ3) is 64.7. The van der Waals surface area contributed by atoms with Gasteiger partial charge in [-0.25, -0.2) is 0 Å². The summed E-state index contributed by atoms with van der Waals surface area (Å²) in [7, 11) is 0. The highest BCUT2D eigenvalue weighted by molar-refractivity contribution is 5.71. The number of esters is 3. The number of ether oxygens (including phenoxy) is 3. The lowest BCUT2D eigenvalue weighted by Crippen LogP contribution is -2.30. The molecule has 0 aromatic rings. The lowest BCUT2D eigenvalue weighted by molar-refractivity contribution is -0.167. The molecule has 78 heavy (non-hydrogen) atoms. The predicted molar refractivity (Wildman–Crippen MR) is 340 cm³/mol. The first kappa shape index (κ1) is 75.9. The number of hydrogen-bond donors (Lipinski definition) is 0. The van der Waals surface area contributed by atoms with Crippen LogP contribution < -0.4 is 0 Å². The molecule has 0 spiro atoms. The van der Waals surface area contributed by atoms with E-state index in [4.69, 9.17) is 14.2 Å². The molecule has 6 nitrogen and oxygen atoms in total. The van der Waals surface area contributed by atoms with Gasteiger partial charge in [-0.1, -0.05) is 353 Å². The minimum absolute atomic E-state index is 0.0663. The minimum Gasteiger partial charge on any atom is -0.462 e. The van der Waals surface area contributed by atoms with Gasteiger partial charge in [-0.15, -0.1) is 0 Å². The van der Waals surface area contributed by atoms with Crippen LogP contribution in [-0.4, -0.2) is 37.2 Å². The van der Waals surface area contributed by atoms with Crippen LogP contribution in [0.5, 0.6) is 0 Å². The third-order valence-electron chi connectivity index (χ3n) is 16.2. The van der Waals surface area contributed by atoms with Crippen LogP contribution in [0.1, 0.15) is 400 Å².